The van der Waals surface area contributed by atoms with Crippen molar-refractivity contribution in [2.45, 2.75) is 52.0 Å². The second kappa shape index (κ2) is 5.34. The number of nitrogens with one attached hydrogen (secondary N) is 1. The number of anilines is 1. The molecule has 17 heavy (non-hydrogen) atoms. The summed E-state index contributed by atoms with van der Waals surface area (Å²) in [5.41, 5.74) is 0. The molecule has 2 rings (SSSR count). The summed E-state index contributed by atoms with van der Waals surface area (Å²) in [6.07, 6.45) is 3.89. The van der Waals surface area contributed by atoms with Gasteiger partial charge in [-0.3, -0.25) is 0 Å². The molecule has 0 spiro atoms. The minimum atomic E-state index is 0.356. The molecule has 1 heterocycles. The van der Waals surface area contributed by atoms with Crippen LogP contribution in [0.15, 0.2) is 10.7 Å². The Bertz CT molecular complexity index is 392. The fraction of sp³-hybridized carbons (Fsp3) is 0.692. The number of rotatable bonds is 3. The van der Waals surface area contributed by atoms with E-state index in [1.807, 2.05) is 6.07 Å². The van der Waals surface area contributed by atoms with E-state index in [0.29, 0.717) is 12.0 Å². The van der Waals surface area contributed by atoms with Crippen LogP contribution in [0.2, 0.25) is 0 Å². The third-order valence-corrected chi connectivity index (χ3v) is 3.83. The van der Waals surface area contributed by atoms with Crippen LogP contribution in [-0.4, -0.2) is 16.0 Å². The van der Waals surface area contributed by atoms with E-state index >= 15 is 0 Å². The molecular weight excluding hydrogens is 278 g/mol. The van der Waals surface area contributed by atoms with Crippen molar-refractivity contribution in [3.63, 3.8) is 0 Å². The zero-order chi connectivity index (χ0) is 12.4. The summed E-state index contributed by atoms with van der Waals surface area (Å²) in [5.74, 6) is 2.95. The van der Waals surface area contributed by atoms with Crippen molar-refractivity contribution in [1.82, 2.24) is 9.97 Å². The normalized spacial score (nSPS) is 24.3. The summed E-state index contributed by atoms with van der Waals surface area (Å²) in [4.78, 5) is 8.97. The maximum absolute atomic E-state index is 4.58. The fourth-order valence-corrected chi connectivity index (χ4v) is 2.72. The van der Waals surface area contributed by atoms with Crippen molar-refractivity contribution in [3.05, 3.63) is 16.5 Å². The Morgan fingerprint density at radius 2 is 2.12 bits per heavy atom. The minimum Gasteiger partial charge on any atom is -0.367 e. The minimum absolute atomic E-state index is 0.356. The van der Waals surface area contributed by atoms with E-state index < -0.39 is 0 Å². The molecule has 2 atom stereocenters. The van der Waals surface area contributed by atoms with Crippen LogP contribution in [0.25, 0.3) is 0 Å². The maximum Gasteiger partial charge on any atom is 0.134 e. The van der Waals surface area contributed by atoms with Gasteiger partial charge in [-0.15, -0.1) is 0 Å². The lowest BCUT2D eigenvalue weighted by atomic mass is 10.1. The van der Waals surface area contributed by atoms with Crippen molar-refractivity contribution in [2.75, 3.05) is 5.32 Å². The molecule has 0 bridgehead atoms. The number of hydrogen-bond acceptors (Lipinski definition) is 3. The van der Waals surface area contributed by atoms with Crippen LogP contribution in [0.4, 0.5) is 5.82 Å². The molecule has 1 saturated carbocycles. The molecule has 0 aliphatic heterocycles. The highest BCUT2D eigenvalue weighted by atomic mass is 79.9. The molecule has 4 heteroatoms. The van der Waals surface area contributed by atoms with Crippen molar-refractivity contribution in [1.29, 1.82) is 0 Å². The van der Waals surface area contributed by atoms with Crippen LogP contribution in [0.5, 0.6) is 0 Å². The average Bonchev–Trinajstić information content (AvgIpc) is 2.63. The molecule has 1 aliphatic carbocycles. The standard InChI is InChI=1S/C13H20BrN3/c1-8(2)13-16-11(14)7-12(17-13)15-10-6-4-5-9(10)3/h7-10H,4-6H2,1-3H3,(H,15,16,17). The molecule has 3 nitrogen and oxygen atoms in total. The molecule has 0 saturated heterocycles. The third-order valence-electron chi connectivity index (χ3n) is 3.42. The molecule has 1 fully saturated rings. The van der Waals surface area contributed by atoms with E-state index in [2.05, 4.69) is 52.0 Å². The van der Waals surface area contributed by atoms with Gasteiger partial charge in [-0.05, 0) is 34.7 Å². The topological polar surface area (TPSA) is 37.8 Å². The zero-order valence-electron chi connectivity index (χ0n) is 10.7. The van der Waals surface area contributed by atoms with Gasteiger partial charge in [0.05, 0.1) is 0 Å². The van der Waals surface area contributed by atoms with Gasteiger partial charge >= 0.3 is 0 Å². The summed E-state index contributed by atoms with van der Waals surface area (Å²) in [5, 5.41) is 3.55. The third kappa shape index (κ3) is 3.18. The lowest BCUT2D eigenvalue weighted by Gasteiger charge is -2.18. The Labute approximate surface area is 112 Å². The molecule has 0 radical (unpaired) electrons. The van der Waals surface area contributed by atoms with E-state index in [1.165, 1.54) is 19.3 Å². The predicted octanol–water partition coefficient (Wildman–Crippen LogP) is 3.96. The largest absolute Gasteiger partial charge is 0.367 e. The Hall–Kier alpha value is -0.640. The summed E-state index contributed by atoms with van der Waals surface area (Å²) in [6.45, 7) is 6.54. The Morgan fingerprint density at radius 1 is 1.35 bits per heavy atom. The molecule has 1 aliphatic rings. The van der Waals surface area contributed by atoms with Gasteiger partial charge in [-0.1, -0.05) is 27.2 Å². The second-order valence-electron chi connectivity index (χ2n) is 5.25. The van der Waals surface area contributed by atoms with Crippen LogP contribution in [0.1, 0.15) is 51.8 Å². The first-order valence-electron chi connectivity index (χ1n) is 6.37. The van der Waals surface area contributed by atoms with Gasteiger partial charge in [0.25, 0.3) is 0 Å². The smallest absolute Gasteiger partial charge is 0.134 e. The lowest BCUT2D eigenvalue weighted by Crippen LogP contribution is -2.22. The van der Waals surface area contributed by atoms with Crippen LogP contribution >= 0.6 is 15.9 Å². The van der Waals surface area contributed by atoms with E-state index in [4.69, 9.17) is 0 Å². The van der Waals surface area contributed by atoms with Gasteiger partial charge in [0.2, 0.25) is 0 Å². The van der Waals surface area contributed by atoms with Crippen molar-refractivity contribution in [3.8, 4) is 0 Å². The van der Waals surface area contributed by atoms with Gasteiger partial charge in [0.15, 0.2) is 0 Å². The van der Waals surface area contributed by atoms with E-state index in [0.717, 1.165) is 22.2 Å². The van der Waals surface area contributed by atoms with Gasteiger partial charge in [-0.2, -0.15) is 0 Å². The van der Waals surface area contributed by atoms with E-state index in [9.17, 15) is 0 Å². The van der Waals surface area contributed by atoms with E-state index in [1.54, 1.807) is 0 Å². The van der Waals surface area contributed by atoms with Gasteiger partial charge in [-0.25, -0.2) is 9.97 Å². The SMILES string of the molecule is CC(C)c1nc(Br)cc(NC2CCCC2C)n1. The molecule has 1 N–H and O–H groups in total. The molecule has 0 amide bonds. The molecule has 2 unspecified atom stereocenters. The van der Waals surface area contributed by atoms with Crippen LogP contribution < -0.4 is 5.32 Å². The Balaban J connectivity index is 2.15. The van der Waals surface area contributed by atoms with Crippen LogP contribution in [0.3, 0.4) is 0 Å². The molecular formula is C13H20BrN3. The van der Waals surface area contributed by atoms with Crippen LogP contribution in [-0.2, 0) is 0 Å². The summed E-state index contributed by atoms with van der Waals surface area (Å²) in [6, 6.07) is 2.54. The second-order valence-corrected chi connectivity index (χ2v) is 6.06. The number of hydrogen-bond donors (Lipinski definition) is 1. The van der Waals surface area contributed by atoms with Gasteiger partial charge in [0, 0.05) is 18.0 Å². The fourth-order valence-electron chi connectivity index (χ4n) is 2.32. The number of aromatic nitrogens is 2. The van der Waals surface area contributed by atoms with Gasteiger partial charge < -0.3 is 5.32 Å². The highest BCUT2D eigenvalue weighted by Gasteiger charge is 2.23. The average molecular weight is 298 g/mol. The summed E-state index contributed by atoms with van der Waals surface area (Å²) in [7, 11) is 0. The quantitative estimate of drug-likeness (QED) is 0.858. The summed E-state index contributed by atoms with van der Waals surface area (Å²) >= 11 is 3.45. The predicted molar refractivity (Wildman–Crippen MR) is 74.2 cm³/mol. The highest BCUT2D eigenvalue weighted by Crippen LogP contribution is 2.28. The molecule has 1 aromatic rings. The molecule has 1 aromatic heterocycles. The van der Waals surface area contributed by atoms with E-state index in [-0.39, 0.29) is 0 Å². The van der Waals surface area contributed by atoms with Gasteiger partial charge in [0.1, 0.15) is 16.2 Å². The first-order valence-corrected chi connectivity index (χ1v) is 7.16. The maximum atomic E-state index is 4.58. The number of halogens is 1. The van der Waals surface area contributed by atoms with Crippen molar-refractivity contribution in [2.24, 2.45) is 5.92 Å². The Kier molecular flexibility index (Phi) is 4.02. The van der Waals surface area contributed by atoms with Crippen molar-refractivity contribution < 1.29 is 0 Å². The lowest BCUT2D eigenvalue weighted by molar-refractivity contribution is 0.554. The van der Waals surface area contributed by atoms with Crippen molar-refractivity contribution >= 4 is 21.7 Å². The monoisotopic (exact) mass is 297 g/mol. The first kappa shape index (κ1) is 12.8. The Morgan fingerprint density at radius 3 is 2.71 bits per heavy atom. The molecule has 94 valence electrons. The molecule has 0 aromatic carbocycles. The zero-order valence-corrected chi connectivity index (χ0v) is 12.3. The first-order chi connectivity index (χ1) is 8.06. The summed E-state index contributed by atoms with van der Waals surface area (Å²) < 4.78 is 0.865. The highest BCUT2D eigenvalue weighted by molar-refractivity contribution is 9.10. The van der Waals surface area contributed by atoms with Crippen LogP contribution in [0, 0.1) is 5.92 Å². The number of nitrogens with zero attached hydrogens (tertiary/aromatic N) is 2.